The van der Waals surface area contributed by atoms with Gasteiger partial charge in [-0.25, -0.2) is 0 Å². The number of carbonyl (C=O) groups excluding carboxylic acids is 1. The van der Waals surface area contributed by atoms with E-state index in [1.54, 1.807) is 36.7 Å². The molecule has 1 heterocycles. The molecule has 0 spiro atoms. The van der Waals surface area contributed by atoms with Gasteiger partial charge < -0.3 is 10.2 Å². The van der Waals surface area contributed by atoms with Crippen LogP contribution < -0.4 is 0 Å². The normalized spacial score (nSPS) is 10.7. The van der Waals surface area contributed by atoms with E-state index in [2.05, 4.69) is 4.98 Å². The van der Waals surface area contributed by atoms with E-state index in [-0.39, 0.29) is 17.3 Å². The van der Waals surface area contributed by atoms with Crippen molar-refractivity contribution in [2.45, 2.75) is 0 Å². The average molecular weight is 241 g/mol. The molecule has 0 aliphatic carbocycles. The van der Waals surface area contributed by atoms with Gasteiger partial charge in [0.15, 0.2) is 17.3 Å². The number of phenolic OH excluding ortho intramolecular Hbond substituents is 2. The summed E-state index contributed by atoms with van der Waals surface area (Å²) in [5, 5.41) is 18.5. The van der Waals surface area contributed by atoms with Crippen LogP contribution in [0, 0.1) is 0 Å². The van der Waals surface area contributed by atoms with E-state index >= 15 is 0 Å². The van der Waals surface area contributed by atoms with Crippen LogP contribution >= 0.6 is 0 Å². The van der Waals surface area contributed by atoms with Gasteiger partial charge in [-0.1, -0.05) is 12.1 Å². The maximum absolute atomic E-state index is 11.7. The molecule has 2 N–H and O–H groups in total. The molecule has 0 aliphatic heterocycles. The van der Waals surface area contributed by atoms with Crippen molar-refractivity contribution in [3.8, 4) is 11.5 Å². The SMILES string of the molecule is O=C(/C=C/c1ccc(O)c(O)c1)c1ccncc1. The van der Waals surface area contributed by atoms with Crippen molar-refractivity contribution in [1.29, 1.82) is 0 Å². The minimum Gasteiger partial charge on any atom is -0.504 e. The van der Waals surface area contributed by atoms with E-state index in [1.807, 2.05) is 0 Å². The van der Waals surface area contributed by atoms with E-state index in [9.17, 15) is 9.90 Å². The van der Waals surface area contributed by atoms with Gasteiger partial charge in [-0.15, -0.1) is 0 Å². The first-order valence-corrected chi connectivity index (χ1v) is 5.31. The van der Waals surface area contributed by atoms with Gasteiger partial charge in [0.05, 0.1) is 0 Å². The number of carbonyl (C=O) groups is 1. The quantitative estimate of drug-likeness (QED) is 0.491. The molecule has 2 rings (SSSR count). The van der Waals surface area contributed by atoms with Gasteiger partial charge >= 0.3 is 0 Å². The number of allylic oxidation sites excluding steroid dienone is 1. The lowest BCUT2D eigenvalue weighted by atomic mass is 10.1. The fourth-order valence-corrected chi connectivity index (χ4v) is 1.43. The molecule has 0 saturated heterocycles. The second-order valence-electron chi connectivity index (χ2n) is 3.68. The summed E-state index contributed by atoms with van der Waals surface area (Å²) in [5.74, 6) is -0.550. The number of ketones is 1. The summed E-state index contributed by atoms with van der Waals surface area (Å²) in [5.41, 5.74) is 1.18. The first-order valence-electron chi connectivity index (χ1n) is 5.31. The molecule has 0 amide bonds. The summed E-state index contributed by atoms with van der Waals surface area (Å²) < 4.78 is 0. The Morgan fingerprint density at radius 1 is 1.06 bits per heavy atom. The number of pyridine rings is 1. The van der Waals surface area contributed by atoms with Gasteiger partial charge in [-0.05, 0) is 35.9 Å². The molecule has 0 saturated carbocycles. The lowest BCUT2D eigenvalue weighted by molar-refractivity contribution is 0.104. The largest absolute Gasteiger partial charge is 0.504 e. The Morgan fingerprint density at radius 2 is 1.78 bits per heavy atom. The molecule has 2 aromatic rings. The van der Waals surface area contributed by atoms with Crippen LogP contribution in [0.1, 0.15) is 15.9 Å². The molecular weight excluding hydrogens is 230 g/mol. The predicted octanol–water partition coefficient (Wildman–Crippen LogP) is 2.39. The van der Waals surface area contributed by atoms with Gasteiger partial charge in [0.1, 0.15) is 0 Å². The fourth-order valence-electron chi connectivity index (χ4n) is 1.43. The topological polar surface area (TPSA) is 70.4 Å². The smallest absolute Gasteiger partial charge is 0.185 e. The van der Waals surface area contributed by atoms with Crippen molar-refractivity contribution in [3.63, 3.8) is 0 Å². The van der Waals surface area contributed by atoms with Gasteiger partial charge in [0.25, 0.3) is 0 Å². The van der Waals surface area contributed by atoms with E-state index in [0.717, 1.165) is 0 Å². The highest BCUT2D eigenvalue weighted by atomic mass is 16.3. The van der Waals surface area contributed by atoms with Crippen molar-refractivity contribution in [3.05, 3.63) is 59.9 Å². The Hall–Kier alpha value is -2.62. The molecule has 0 unspecified atom stereocenters. The molecule has 1 aromatic heterocycles. The van der Waals surface area contributed by atoms with Crippen LogP contribution in [0.5, 0.6) is 11.5 Å². The van der Waals surface area contributed by atoms with Crippen molar-refractivity contribution in [1.82, 2.24) is 4.98 Å². The molecule has 4 nitrogen and oxygen atoms in total. The van der Waals surface area contributed by atoms with Crippen LogP contribution in [-0.4, -0.2) is 21.0 Å². The highest BCUT2D eigenvalue weighted by Gasteiger charge is 2.01. The highest BCUT2D eigenvalue weighted by Crippen LogP contribution is 2.25. The Bertz CT molecular complexity index is 591. The summed E-state index contributed by atoms with van der Waals surface area (Å²) in [4.78, 5) is 15.6. The second-order valence-corrected chi connectivity index (χ2v) is 3.68. The predicted molar refractivity (Wildman–Crippen MR) is 67.4 cm³/mol. The van der Waals surface area contributed by atoms with Crippen molar-refractivity contribution < 1.29 is 15.0 Å². The van der Waals surface area contributed by atoms with Crippen molar-refractivity contribution >= 4 is 11.9 Å². The number of nitrogens with zero attached hydrogens (tertiary/aromatic N) is 1. The monoisotopic (exact) mass is 241 g/mol. The lowest BCUT2D eigenvalue weighted by Gasteiger charge is -1.98. The molecule has 0 aliphatic rings. The van der Waals surface area contributed by atoms with Crippen LogP contribution in [-0.2, 0) is 0 Å². The fraction of sp³-hybridized carbons (Fsp3) is 0. The summed E-state index contributed by atoms with van der Waals surface area (Å²) in [6.07, 6.45) is 6.07. The first kappa shape index (κ1) is 11.9. The number of rotatable bonds is 3. The number of hydrogen-bond acceptors (Lipinski definition) is 4. The lowest BCUT2D eigenvalue weighted by Crippen LogP contribution is -1.93. The Balaban J connectivity index is 2.16. The van der Waals surface area contributed by atoms with Crippen LogP contribution in [0.4, 0.5) is 0 Å². The maximum Gasteiger partial charge on any atom is 0.185 e. The minimum absolute atomic E-state index is 0.148. The van der Waals surface area contributed by atoms with Crippen LogP contribution in [0.2, 0.25) is 0 Å². The number of phenols is 2. The zero-order chi connectivity index (χ0) is 13.0. The minimum atomic E-state index is -0.214. The van der Waals surface area contributed by atoms with Gasteiger partial charge in [-0.2, -0.15) is 0 Å². The summed E-state index contributed by atoms with van der Waals surface area (Å²) >= 11 is 0. The molecule has 0 fully saturated rings. The second kappa shape index (κ2) is 5.14. The van der Waals surface area contributed by atoms with E-state index in [4.69, 9.17) is 5.11 Å². The number of benzene rings is 1. The molecule has 90 valence electrons. The zero-order valence-corrected chi connectivity index (χ0v) is 9.45. The van der Waals surface area contributed by atoms with Crippen LogP contribution in [0.3, 0.4) is 0 Å². The summed E-state index contributed by atoms with van der Waals surface area (Å²) in [6, 6.07) is 7.60. The molecule has 0 radical (unpaired) electrons. The van der Waals surface area contributed by atoms with Crippen molar-refractivity contribution in [2.24, 2.45) is 0 Å². The zero-order valence-electron chi connectivity index (χ0n) is 9.45. The van der Waals surface area contributed by atoms with Crippen molar-refractivity contribution in [2.75, 3.05) is 0 Å². The molecule has 0 bridgehead atoms. The number of hydrogen-bond donors (Lipinski definition) is 2. The van der Waals surface area contributed by atoms with Gasteiger partial charge in [-0.3, -0.25) is 9.78 Å². The highest BCUT2D eigenvalue weighted by molar-refractivity contribution is 6.06. The maximum atomic E-state index is 11.7. The first-order chi connectivity index (χ1) is 8.66. The van der Waals surface area contributed by atoms with E-state index in [1.165, 1.54) is 18.2 Å². The van der Waals surface area contributed by atoms with E-state index < -0.39 is 0 Å². The Labute approximate surface area is 104 Å². The number of aromatic nitrogens is 1. The van der Waals surface area contributed by atoms with Crippen LogP contribution in [0.25, 0.3) is 6.08 Å². The summed E-state index contributed by atoms with van der Waals surface area (Å²) in [7, 11) is 0. The Morgan fingerprint density at radius 3 is 2.44 bits per heavy atom. The summed E-state index contributed by atoms with van der Waals surface area (Å²) in [6.45, 7) is 0. The van der Waals surface area contributed by atoms with E-state index in [0.29, 0.717) is 11.1 Å². The third kappa shape index (κ3) is 2.74. The molecule has 0 atom stereocenters. The average Bonchev–Trinajstić information content (AvgIpc) is 2.41. The third-order valence-corrected chi connectivity index (χ3v) is 2.39. The molecule has 1 aromatic carbocycles. The van der Waals surface area contributed by atoms with Crippen LogP contribution in [0.15, 0.2) is 48.8 Å². The third-order valence-electron chi connectivity index (χ3n) is 2.39. The molecule has 18 heavy (non-hydrogen) atoms. The standard InChI is InChI=1S/C14H11NO3/c16-12(11-5-7-15-8-6-11)3-1-10-2-4-13(17)14(18)9-10/h1-9,17-18H/b3-1+. The molecular formula is C14H11NO3. The van der Waals surface area contributed by atoms with Gasteiger partial charge in [0, 0.05) is 18.0 Å². The number of aromatic hydroxyl groups is 2. The Kier molecular flexibility index (Phi) is 3.38. The van der Waals surface area contributed by atoms with Gasteiger partial charge in [0.2, 0.25) is 0 Å². The molecule has 4 heteroatoms.